The summed E-state index contributed by atoms with van der Waals surface area (Å²) >= 11 is 0. The zero-order valence-electron chi connectivity index (χ0n) is 33.3. The lowest BCUT2D eigenvalue weighted by Crippen LogP contribution is -2.29. The van der Waals surface area contributed by atoms with Crippen LogP contribution in [0.4, 0.5) is 0 Å². The molecule has 10 aromatic rings. The van der Waals surface area contributed by atoms with Gasteiger partial charge in [-0.15, -0.1) is 0 Å². The van der Waals surface area contributed by atoms with Gasteiger partial charge in [0.05, 0.1) is 16.8 Å². The van der Waals surface area contributed by atoms with Gasteiger partial charge in [0.2, 0.25) is 0 Å². The molecule has 0 aliphatic heterocycles. The van der Waals surface area contributed by atoms with Crippen LogP contribution in [0.2, 0.25) is 0 Å². The van der Waals surface area contributed by atoms with Gasteiger partial charge >= 0.3 is 0 Å². The van der Waals surface area contributed by atoms with Gasteiger partial charge in [-0.1, -0.05) is 200 Å². The molecule has 0 saturated carbocycles. The Hall–Kier alpha value is -7.94. The van der Waals surface area contributed by atoms with E-state index in [0.29, 0.717) is 5.82 Å². The van der Waals surface area contributed by atoms with Gasteiger partial charge in [0.1, 0.15) is 0 Å². The zero-order chi connectivity index (χ0) is 40.3. The molecule has 0 radical (unpaired) electrons. The maximum absolute atomic E-state index is 5.46. The predicted molar refractivity (Wildman–Crippen MR) is 251 cm³/mol. The van der Waals surface area contributed by atoms with Crippen LogP contribution < -0.4 is 0 Å². The molecule has 0 atom stereocenters. The summed E-state index contributed by atoms with van der Waals surface area (Å²) in [7, 11) is 0. The van der Waals surface area contributed by atoms with Gasteiger partial charge in [-0.3, -0.25) is 0 Å². The van der Waals surface area contributed by atoms with E-state index in [1.807, 2.05) is 0 Å². The van der Waals surface area contributed by atoms with Gasteiger partial charge in [-0.2, -0.15) is 0 Å². The minimum absolute atomic E-state index is 0.541. The second kappa shape index (κ2) is 14.1. The van der Waals surface area contributed by atoms with E-state index in [9.17, 15) is 0 Å². The molecule has 1 heterocycles. The van der Waals surface area contributed by atoms with E-state index >= 15 is 0 Å². The van der Waals surface area contributed by atoms with Crippen molar-refractivity contribution in [2.24, 2.45) is 0 Å². The summed E-state index contributed by atoms with van der Waals surface area (Å²) in [5.41, 5.74) is 21.5. The second-order valence-electron chi connectivity index (χ2n) is 16.1. The number of hydrogen-bond acceptors (Lipinski definition) is 2. The number of nitrogens with zero attached hydrogens (tertiary/aromatic N) is 2. The summed E-state index contributed by atoms with van der Waals surface area (Å²) in [6, 6.07) is 83.6. The molecule has 2 aliphatic rings. The quantitative estimate of drug-likeness (QED) is 0.174. The number of aromatic nitrogens is 2. The largest absolute Gasteiger partial charge is 0.228 e. The first-order chi connectivity index (χ1) is 30.2. The van der Waals surface area contributed by atoms with Gasteiger partial charge in [-0.05, 0) is 108 Å². The molecule has 1 aromatic heterocycles. The third kappa shape index (κ3) is 5.57. The van der Waals surface area contributed by atoms with Crippen molar-refractivity contribution in [2.75, 3.05) is 0 Å². The third-order valence-electron chi connectivity index (χ3n) is 12.7. The highest BCUT2D eigenvalue weighted by molar-refractivity contribution is 5.98. The molecule has 0 unspecified atom stereocenters. The molecule has 2 aliphatic carbocycles. The average molecular weight is 775 g/mol. The average Bonchev–Trinajstić information content (AvgIpc) is 3.58. The Morgan fingerprint density at radius 1 is 0.230 bits per heavy atom. The number of hydrogen-bond donors (Lipinski definition) is 0. The summed E-state index contributed by atoms with van der Waals surface area (Å²) in [6.45, 7) is 0. The van der Waals surface area contributed by atoms with Gasteiger partial charge in [0.15, 0.2) is 5.82 Å². The Kier molecular flexibility index (Phi) is 8.11. The fraction of sp³-hybridized carbons (Fsp3) is 0.0169. The summed E-state index contributed by atoms with van der Waals surface area (Å²) in [4.78, 5) is 10.8. The van der Waals surface area contributed by atoms with Gasteiger partial charge in [-0.25, -0.2) is 9.97 Å². The smallest absolute Gasteiger partial charge is 0.160 e. The maximum atomic E-state index is 5.46. The minimum atomic E-state index is -0.541. The molecule has 284 valence electrons. The van der Waals surface area contributed by atoms with Crippen LogP contribution in [-0.2, 0) is 5.41 Å². The first-order valence-corrected chi connectivity index (χ1v) is 21.0. The summed E-state index contributed by atoms with van der Waals surface area (Å²) in [5.74, 6) is 0.693. The van der Waals surface area contributed by atoms with Gasteiger partial charge in [0, 0.05) is 16.7 Å². The van der Waals surface area contributed by atoms with E-state index in [2.05, 4.69) is 231 Å². The van der Waals surface area contributed by atoms with Crippen molar-refractivity contribution < 1.29 is 0 Å². The van der Waals surface area contributed by atoms with Crippen LogP contribution in [-0.4, -0.2) is 9.97 Å². The second-order valence-corrected chi connectivity index (χ2v) is 16.1. The molecule has 9 aromatic carbocycles. The molecular formula is C59H38N2. The van der Waals surface area contributed by atoms with Crippen LogP contribution in [0.15, 0.2) is 231 Å². The van der Waals surface area contributed by atoms with Crippen molar-refractivity contribution in [1.29, 1.82) is 0 Å². The van der Waals surface area contributed by atoms with Crippen molar-refractivity contribution in [2.45, 2.75) is 5.41 Å². The fourth-order valence-electron chi connectivity index (χ4n) is 10.0. The highest BCUT2D eigenvalue weighted by Crippen LogP contribution is 2.61. The standard InChI is InChI=1S/C59H38N2/c1-4-18-39(19-5-1)43-34-44(40-20-6-2-7-21-40)36-45(35-43)57-38-56(41-22-8-3-9-23-41)60-58(61-57)42-32-33-55-51(37-42)50-28-14-17-31-54(50)59(55)52-29-15-12-26-48(52)46-24-10-11-25-47(46)49-27-13-16-30-53(49)59/h1-38H. The van der Waals surface area contributed by atoms with E-state index in [0.717, 1.165) is 50.3 Å². The molecule has 1 spiro atoms. The van der Waals surface area contributed by atoms with Crippen LogP contribution in [0.3, 0.4) is 0 Å². The highest BCUT2D eigenvalue weighted by atomic mass is 14.9. The first-order valence-electron chi connectivity index (χ1n) is 21.0. The fourth-order valence-corrected chi connectivity index (χ4v) is 10.0. The molecule has 0 bridgehead atoms. The van der Waals surface area contributed by atoms with Gasteiger partial charge in [0.25, 0.3) is 0 Å². The van der Waals surface area contributed by atoms with Crippen LogP contribution in [0.25, 0.3) is 89.5 Å². The normalized spacial score (nSPS) is 12.7. The SMILES string of the molecule is c1ccc(-c2cc(-c3ccccc3)cc(-c3cc(-c4ccccc4)nc(-c4ccc5c(c4)-c4ccccc4C54c5ccccc5-c5ccccc5-c5ccccc54)n3)c2)cc1. The molecule has 2 nitrogen and oxygen atoms in total. The van der Waals surface area contributed by atoms with E-state index in [1.165, 1.54) is 55.6 Å². The maximum Gasteiger partial charge on any atom is 0.160 e. The lowest BCUT2D eigenvalue weighted by Gasteiger charge is -2.35. The van der Waals surface area contributed by atoms with E-state index in [-0.39, 0.29) is 0 Å². The summed E-state index contributed by atoms with van der Waals surface area (Å²) in [6.07, 6.45) is 0. The molecule has 0 N–H and O–H groups in total. The Morgan fingerprint density at radius 2 is 0.607 bits per heavy atom. The molecule has 12 rings (SSSR count). The van der Waals surface area contributed by atoms with Crippen LogP contribution >= 0.6 is 0 Å². The van der Waals surface area contributed by atoms with E-state index < -0.39 is 5.41 Å². The lowest BCUT2D eigenvalue weighted by molar-refractivity contribution is 0.775. The monoisotopic (exact) mass is 774 g/mol. The van der Waals surface area contributed by atoms with Crippen LogP contribution in [0.5, 0.6) is 0 Å². The van der Waals surface area contributed by atoms with Crippen molar-refractivity contribution in [1.82, 2.24) is 9.97 Å². The number of fused-ring (bicyclic) bond motifs is 12. The van der Waals surface area contributed by atoms with Gasteiger partial charge < -0.3 is 0 Å². The zero-order valence-corrected chi connectivity index (χ0v) is 33.3. The Labute approximate surface area is 356 Å². The third-order valence-corrected chi connectivity index (χ3v) is 12.7. The number of rotatable bonds is 5. The van der Waals surface area contributed by atoms with E-state index in [4.69, 9.17) is 9.97 Å². The van der Waals surface area contributed by atoms with Crippen molar-refractivity contribution in [3.63, 3.8) is 0 Å². The molecule has 0 saturated heterocycles. The summed E-state index contributed by atoms with van der Waals surface area (Å²) in [5, 5.41) is 0. The number of benzene rings is 9. The highest BCUT2D eigenvalue weighted by Gasteiger charge is 2.49. The Morgan fingerprint density at radius 3 is 1.11 bits per heavy atom. The molecular weight excluding hydrogens is 737 g/mol. The van der Waals surface area contributed by atoms with Crippen LogP contribution in [0, 0.1) is 0 Å². The molecule has 2 heteroatoms. The predicted octanol–water partition coefficient (Wildman–Crippen LogP) is 14.8. The van der Waals surface area contributed by atoms with Crippen molar-refractivity contribution in [3.05, 3.63) is 253 Å². The molecule has 0 fully saturated rings. The van der Waals surface area contributed by atoms with E-state index in [1.54, 1.807) is 0 Å². The summed E-state index contributed by atoms with van der Waals surface area (Å²) < 4.78 is 0. The van der Waals surface area contributed by atoms with Crippen molar-refractivity contribution >= 4 is 0 Å². The topological polar surface area (TPSA) is 25.8 Å². The Bertz CT molecular complexity index is 3170. The van der Waals surface area contributed by atoms with Crippen LogP contribution in [0.1, 0.15) is 22.3 Å². The van der Waals surface area contributed by atoms with Crippen molar-refractivity contribution in [3.8, 4) is 89.5 Å². The lowest BCUT2D eigenvalue weighted by atomic mass is 9.66. The molecule has 61 heavy (non-hydrogen) atoms. The Balaban J connectivity index is 1.10. The minimum Gasteiger partial charge on any atom is -0.228 e. The first kappa shape index (κ1) is 35.0. The molecule has 0 amide bonds.